The normalized spacial score (nSPS) is 11.4. The number of nitrogens with one attached hydrogen (secondary N) is 1. The van der Waals surface area contributed by atoms with Crippen molar-refractivity contribution < 1.29 is 9.63 Å². The van der Waals surface area contributed by atoms with Crippen molar-refractivity contribution in [3.05, 3.63) is 54.2 Å². The van der Waals surface area contributed by atoms with Crippen LogP contribution in [0.3, 0.4) is 0 Å². The molecule has 0 radical (unpaired) electrons. The highest BCUT2D eigenvalue weighted by molar-refractivity contribution is 5.92. The predicted octanol–water partition coefficient (Wildman–Crippen LogP) is 1.96. The van der Waals surface area contributed by atoms with Crippen molar-refractivity contribution in [3.63, 3.8) is 0 Å². The average molecular weight is 230 g/mol. The maximum Gasteiger partial charge on any atom is 0.247 e. The predicted molar refractivity (Wildman–Crippen MR) is 68.3 cm³/mol. The highest BCUT2D eigenvalue weighted by Gasteiger charge is 1.88. The summed E-state index contributed by atoms with van der Waals surface area (Å²) in [4.78, 5) is 15.7. The van der Waals surface area contributed by atoms with Gasteiger partial charge in [-0.15, -0.1) is 0 Å². The lowest BCUT2D eigenvalue weighted by atomic mass is 10.2. The summed E-state index contributed by atoms with van der Waals surface area (Å²) in [6, 6.07) is 9.70. The van der Waals surface area contributed by atoms with Crippen molar-refractivity contribution in [1.82, 2.24) is 5.32 Å². The monoisotopic (exact) mass is 230 g/mol. The smallest absolute Gasteiger partial charge is 0.247 e. The summed E-state index contributed by atoms with van der Waals surface area (Å²) in [7, 11) is 1.44. The van der Waals surface area contributed by atoms with Gasteiger partial charge in [0.2, 0.25) is 5.91 Å². The molecule has 17 heavy (non-hydrogen) atoms. The first-order valence-corrected chi connectivity index (χ1v) is 5.08. The van der Waals surface area contributed by atoms with Crippen molar-refractivity contribution in [2.24, 2.45) is 5.16 Å². The zero-order valence-electron chi connectivity index (χ0n) is 9.54. The minimum absolute atomic E-state index is 0.222. The fourth-order valence-corrected chi connectivity index (χ4v) is 1.06. The number of hydrogen-bond acceptors (Lipinski definition) is 3. The molecular weight excluding hydrogens is 216 g/mol. The molecule has 1 rings (SSSR count). The van der Waals surface area contributed by atoms with Crippen LogP contribution < -0.4 is 5.32 Å². The van der Waals surface area contributed by atoms with Crippen LogP contribution in [0.2, 0.25) is 0 Å². The topological polar surface area (TPSA) is 50.7 Å². The van der Waals surface area contributed by atoms with E-state index in [9.17, 15) is 4.79 Å². The molecule has 0 fully saturated rings. The number of carbonyl (C=O) groups excluding carboxylic acids is 1. The molecule has 1 aromatic rings. The molecule has 4 nitrogen and oxygen atoms in total. The van der Waals surface area contributed by atoms with E-state index in [1.54, 1.807) is 6.20 Å². The molecule has 1 N–H and O–H groups in total. The second-order valence-corrected chi connectivity index (χ2v) is 3.05. The zero-order valence-corrected chi connectivity index (χ0v) is 9.54. The van der Waals surface area contributed by atoms with Crippen LogP contribution in [0.5, 0.6) is 0 Å². The highest BCUT2D eigenvalue weighted by atomic mass is 16.6. The van der Waals surface area contributed by atoms with E-state index in [1.165, 1.54) is 25.5 Å². The Morgan fingerprint density at radius 1 is 1.35 bits per heavy atom. The third kappa shape index (κ3) is 5.94. The summed E-state index contributed by atoms with van der Waals surface area (Å²) in [6.45, 7) is 0. The van der Waals surface area contributed by atoms with E-state index in [0.717, 1.165) is 5.56 Å². The van der Waals surface area contributed by atoms with Crippen molar-refractivity contribution in [3.8, 4) is 0 Å². The molecule has 0 atom stereocenters. The standard InChI is InChI=1S/C13H14N2O2/c1-17-15-10-5-8-13(16)14-11-9-12-6-3-2-4-7-12/h2-11H,1H3,(H,14,16)/b8-5-,11-9+,15-10-. The van der Waals surface area contributed by atoms with Gasteiger partial charge in [0, 0.05) is 12.3 Å². The number of benzene rings is 1. The van der Waals surface area contributed by atoms with Crippen LogP contribution in [-0.2, 0) is 9.63 Å². The van der Waals surface area contributed by atoms with Crippen LogP contribution in [0.4, 0.5) is 0 Å². The van der Waals surface area contributed by atoms with Crippen molar-refractivity contribution in [2.45, 2.75) is 0 Å². The van der Waals surface area contributed by atoms with Gasteiger partial charge in [0.1, 0.15) is 7.11 Å². The number of hydrogen-bond donors (Lipinski definition) is 1. The summed E-state index contributed by atoms with van der Waals surface area (Å²) < 4.78 is 0. The molecule has 0 aliphatic heterocycles. The van der Waals surface area contributed by atoms with E-state index >= 15 is 0 Å². The Morgan fingerprint density at radius 2 is 2.12 bits per heavy atom. The lowest BCUT2D eigenvalue weighted by Gasteiger charge is -1.93. The first-order valence-electron chi connectivity index (χ1n) is 5.08. The van der Waals surface area contributed by atoms with Gasteiger partial charge in [-0.05, 0) is 17.7 Å². The summed E-state index contributed by atoms with van der Waals surface area (Å²) >= 11 is 0. The van der Waals surface area contributed by atoms with Gasteiger partial charge in [0.15, 0.2) is 0 Å². The molecule has 0 aliphatic rings. The van der Waals surface area contributed by atoms with Gasteiger partial charge >= 0.3 is 0 Å². The summed E-state index contributed by atoms with van der Waals surface area (Å²) in [6.07, 6.45) is 7.65. The largest absolute Gasteiger partial charge is 0.399 e. The minimum atomic E-state index is -0.222. The number of nitrogens with zero attached hydrogens (tertiary/aromatic N) is 1. The van der Waals surface area contributed by atoms with E-state index in [0.29, 0.717) is 0 Å². The van der Waals surface area contributed by atoms with Gasteiger partial charge < -0.3 is 10.2 Å². The lowest BCUT2D eigenvalue weighted by Crippen LogP contribution is -2.13. The Balaban J connectivity index is 2.36. The van der Waals surface area contributed by atoms with E-state index in [4.69, 9.17) is 0 Å². The van der Waals surface area contributed by atoms with Gasteiger partial charge in [-0.25, -0.2) is 0 Å². The third-order valence-electron chi connectivity index (χ3n) is 1.80. The fraction of sp³-hybridized carbons (Fsp3) is 0.0769. The second-order valence-electron chi connectivity index (χ2n) is 3.05. The van der Waals surface area contributed by atoms with Gasteiger partial charge in [-0.3, -0.25) is 4.79 Å². The van der Waals surface area contributed by atoms with Gasteiger partial charge in [-0.2, -0.15) is 0 Å². The van der Waals surface area contributed by atoms with Crippen LogP contribution in [0.1, 0.15) is 5.56 Å². The van der Waals surface area contributed by atoms with Crippen LogP contribution in [0.15, 0.2) is 53.8 Å². The van der Waals surface area contributed by atoms with E-state index in [1.807, 2.05) is 36.4 Å². The molecule has 0 unspecified atom stereocenters. The summed E-state index contributed by atoms with van der Waals surface area (Å²) in [5, 5.41) is 6.06. The van der Waals surface area contributed by atoms with Crippen molar-refractivity contribution in [2.75, 3.05) is 7.11 Å². The average Bonchev–Trinajstić information content (AvgIpc) is 2.36. The maximum absolute atomic E-state index is 11.2. The Morgan fingerprint density at radius 3 is 2.82 bits per heavy atom. The summed E-state index contributed by atoms with van der Waals surface area (Å²) in [5.74, 6) is -0.222. The Kier molecular flexibility index (Phi) is 5.88. The van der Waals surface area contributed by atoms with Crippen molar-refractivity contribution in [1.29, 1.82) is 0 Å². The molecule has 4 heteroatoms. The molecular formula is C13H14N2O2. The van der Waals surface area contributed by atoms with Crippen LogP contribution in [0, 0.1) is 0 Å². The number of rotatable bonds is 5. The third-order valence-corrected chi connectivity index (χ3v) is 1.80. The molecule has 0 saturated carbocycles. The van der Waals surface area contributed by atoms with Crippen LogP contribution in [0.25, 0.3) is 6.08 Å². The number of amides is 1. The molecule has 0 saturated heterocycles. The lowest BCUT2D eigenvalue weighted by molar-refractivity contribution is -0.115. The van der Waals surface area contributed by atoms with Gasteiger partial charge in [0.25, 0.3) is 0 Å². The van der Waals surface area contributed by atoms with Crippen molar-refractivity contribution >= 4 is 18.2 Å². The maximum atomic E-state index is 11.2. The zero-order chi connectivity index (χ0) is 12.3. The Labute approximate surface area is 100 Å². The van der Waals surface area contributed by atoms with Gasteiger partial charge in [-0.1, -0.05) is 35.5 Å². The number of carbonyl (C=O) groups is 1. The van der Waals surface area contributed by atoms with Crippen LogP contribution in [-0.4, -0.2) is 19.2 Å². The summed E-state index contributed by atoms with van der Waals surface area (Å²) in [5.41, 5.74) is 1.03. The van der Waals surface area contributed by atoms with E-state index < -0.39 is 0 Å². The SMILES string of the molecule is CO/N=C\C=C/C(=O)N/C=C/c1ccccc1. The highest BCUT2D eigenvalue weighted by Crippen LogP contribution is 1.99. The molecule has 1 amide bonds. The molecule has 0 bridgehead atoms. The Hall–Kier alpha value is -2.36. The first-order chi connectivity index (χ1) is 8.33. The molecule has 0 aromatic heterocycles. The van der Waals surface area contributed by atoms with Crippen LogP contribution >= 0.6 is 0 Å². The minimum Gasteiger partial charge on any atom is -0.399 e. The van der Waals surface area contributed by atoms with E-state index in [-0.39, 0.29) is 5.91 Å². The molecule has 0 aliphatic carbocycles. The molecule has 88 valence electrons. The van der Waals surface area contributed by atoms with E-state index in [2.05, 4.69) is 15.3 Å². The van der Waals surface area contributed by atoms with Gasteiger partial charge in [0.05, 0.1) is 6.21 Å². The quantitative estimate of drug-likeness (QED) is 0.477. The Bertz CT molecular complexity index is 422. The second kappa shape index (κ2) is 7.87. The number of oxime groups is 1. The molecule has 0 heterocycles. The fourth-order valence-electron chi connectivity index (χ4n) is 1.06. The first kappa shape index (κ1) is 12.7. The molecule has 0 spiro atoms. The number of allylic oxidation sites excluding steroid dienone is 1. The molecule has 1 aromatic carbocycles.